The Morgan fingerprint density at radius 3 is 2.59 bits per heavy atom. The van der Waals surface area contributed by atoms with Gasteiger partial charge in [-0.25, -0.2) is 0 Å². The lowest BCUT2D eigenvalue weighted by atomic mass is 10.2. The first-order valence-corrected chi connectivity index (χ1v) is 6.51. The molecule has 0 aromatic carbocycles. The van der Waals surface area contributed by atoms with Gasteiger partial charge in [-0.05, 0) is 19.5 Å². The molecule has 1 rings (SSSR count). The predicted octanol–water partition coefficient (Wildman–Crippen LogP) is 1.75. The van der Waals surface area contributed by atoms with Gasteiger partial charge in [0.15, 0.2) is 5.82 Å². The summed E-state index contributed by atoms with van der Waals surface area (Å²) in [5.74, 6) is 1.33. The van der Waals surface area contributed by atoms with E-state index in [1.165, 1.54) is 0 Å². The smallest absolute Gasteiger partial charge is 0.243 e. The largest absolute Gasteiger partial charge is 0.338 e. The molecule has 0 saturated carbocycles. The number of rotatable bonds is 8. The van der Waals surface area contributed by atoms with E-state index in [-0.39, 0.29) is 6.04 Å². The molecular weight excluding hydrogens is 216 g/mol. The summed E-state index contributed by atoms with van der Waals surface area (Å²) in [5, 5.41) is 3.97. The predicted molar refractivity (Wildman–Crippen MR) is 67.6 cm³/mol. The minimum absolute atomic E-state index is 0.116. The third-order valence-electron chi connectivity index (χ3n) is 2.95. The van der Waals surface area contributed by atoms with Crippen molar-refractivity contribution in [2.45, 2.75) is 46.1 Å². The summed E-state index contributed by atoms with van der Waals surface area (Å²) in [4.78, 5) is 6.68. The molecule has 0 saturated heterocycles. The van der Waals surface area contributed by atoms with Crippen molar-refractivity contribution in [2.24, 2.45) is 5.73 Å². The molecular formula is C12H24N4O. The van der Waals surface area contributed by atoms with E-state index in [1.54, 1.807) is 0 Å². The van der Waals surface area contributed by atoms with Crippen molar-refractivity contribution in [3.8, 4) is 0 Å². The van der Waals surface area contributed by atoms with Crippen molar-refractivity contribution in [3.63, 3.8) is 0 Å². The number of nitrogens with two attached hydrogens (primary N) is 1. The van der Waals surface area contributed by atoms with E-state index in [4.69, 9.17) is 10.3 Å². The molecule has 17 heavy (non-hydrogen) atoms. The second-order valence-corrected chi connectivity index (χ2v) is 4.22. The van der Waals surface area contributed by atoms with Crippen LogP contribution in [0.3, 0.4) is 0 Å². The van der Waals surface area contributed by atoms with Crippen molar-refractivity contribution in [1.29, 1.82) is 0 Å². The van der Waals surface area contributed by atoms with E-state index in [2.05, 4.69) is 35.8 Å². The number of hydrogen-bond donors (Lipinski definition) is 1. The fraction of sp³-hybridized carbons (Fsp3) is 0.833. The monoisotopic (exact) mass is 240 g/mol. The fourth-order valence-corrected chi connectivity index (χ4v) is 1.75. The molecule has 0 aliphatic carbocycles. The van der Waals surface area contributed by atoms with Crippen molar-refractivity contribution in [1.82, 2.24) is 15.0 Å². The summed E-state index contributed by atoms with van der Waals surface area (Å²) in [6, 6.07) is -0.116. The van der Waals surface area contributed by atoms with Crippen molar-refractivity contribution >= 4 is 0 Å². The van der Waals surface area contributed by atoms with E-state index in [9.17, 15) is 0 Å². The van der Waals surface area contributed by atoms with E-state index >= 15 is 0 Å². The van der Waals surface area contributed by atoms with Crippen LogP contribution in [-0.4, -0.2) is 34.7 Å². The second kappa shape index (κ2) is 7.40. The van der Waals surface area contributed by atoms with Crippen LogP contribution in [0.4, 0.5) is 0 Å². The van der Waals surface area contributed by atoms with Gasteiger partial charge in [0, 0.05) is 13.0 Å². The molecule has 0 bridgehead atoms. The molecule has 0 aliphatic rings. The van der Waals surface area contributed by atoms with Crippen LogP contribution in [0.1, 0.15) is 51.4 Å². The van der Waals surface area contributed by atoms with Crippen LogP contribution in [0, 0.1) is 0 Å². The van der Waals surface area contributed by atoms with E-state index < -0.39 is 0 Å². The van der Waals surface area contributed by atoms with Gasteiger partial charge >= 0.3 is 0 Å². The van der Waals surface area contributed by atoms with Crippen molar-refractivity contribution < 1.29 is 4.52 Å². The molecule has 98 valence electrons. The zero-order valence-corrected chi connectivity index (χ0v) is 11.1. The minimum Gasteiger partial charge on any atom is -0.338 e. The average molecular weight is 240 g/mol. The Kier molecular flexibility index (Phi) is 6.15. The molecule has 0 amide bonds. The number of hydrogen-bond acceptors (Lipinski definition) is 5. The van der Waals surface area contributed by atoms with Gasteiger partial charge in [-0.1, -0.05) is 32.3 Å². The van der Waals surface area contributed by atoms with Gasteiger partial charge in [-0.15, -0.1) is 0 Å². The zero-order valence-electron chi connectivity index (χ0n) is 11.1. The molecule has 0 aliphatic heterocycles. The molecule has 1 heterocycles. The Hall–Kier alpha value is -0.940. The lowest BCUT2D eigenvalue weighted by molar-refractivity contribution is 0.301. The minimum atomic E-state index is -0.116. The van der Waals surface area contributed by atoms with Crippen LogP contribution < -0.4 is 5.73 Å². The maximum absolute atomic E-state index is 5.92. The third-order valence-corrected chi connectivity index (χ3v) is 2.95. The van der Waals surface area contributed by atoms with Gasteiger partial charge in [0.2, 0.25) is 5.89 Å². The van der Waals surface area contributed by atoms with E-state index in [0.29, 0.717) is 5.89 Å². The SMILES string of the molecule is CCCC(N)c1nc(CCN(CC)CC)no1. The number of nitrogens with zero attached hydrogens (tertiary/aromatic N) is 3. The van der Waals surface area contributed by atoms with E-state index in [0.717, 1.165) is 44.7 Å². The van der Waals surface area contributed by atoms with Crippen LogP contribution in [0.2, 0.25) is 0 Å². The molecule has 5 heteroatoms. The molecule has 0 spiro atoms. The Morgan fingerprint density at radius 1 is 1.29 bits per heavy atom. The molecule has 1 aromatic rings. The van der Waals surface area contributed by atoms with Crippen LogP contribution in [0.15, 0.2) is 4.52 Å². The van der Waals surface area contributed by atoms with E-state index in [1.807, 2.05) is 0 Å². The molecule has 1 unspecified atom stereocenters. The topological polar surface area (TPSA) is 68.2 Å². The van der Waals surface area contributed by atoms with Crippen LogP contribution >= 0.6 is 0 Å². The Balaban J connectivity index is 2.45. The van der Waals surface area contributed by atoms with Gasteiger partial charge in [-0.3, -0.25) is 0 Å². The first-order chi connectivity index (χ1) is 8.21. The van der Waals surface area contributed by atoms with Gasteiger partial charge in [0.05, 0.1) is 6.04 Å². The standard InChI is InChI=1S/C12H24N4O/c1-4-7-10(13)12-14-11(15-17-12)8-9-16(5-2)6-3/h10H,4-9,13H2,1-3H3. The Bertz CT molecular complexity index is 309. The summed E-state index contributed by atoms with van der Waals surface area (Å²) in [6.45, 7) is 9.48. The molecule has 0 radical (unpaired) electrons. The lowest BCUT2D eigenvalue weighted by Crippen LogP contribution is -2.25. The molecule has 2 N–H and O–H groups in total. The normalized spacial score (nSPS) is 13.2. The van der Waals surface area contributed by atoms with Crippen LogP contribution in [0.25, 0.3) is 0 Å². The van der Waals surface area contributed by atoms with Gasteiger partial charge in [0.1, 0.15) is 0 Å². The first-order valence-electron chi connectivity index (χ1n) is 6.51. The summed E-state index contributed by atoms with van der Waals surface area (Å²) in [6.07, 6.45) is 2.74. The molecule has 1 aromatic heterocycles. The highest BCUT2D eigenvalue weighted by molar-refractivity contribution is 4.92. The van der Waals surface area contributed by atoms with Crippen molar-refractivity contribution in [3.05, 3.63) is 11.7 Å². The van der Waals surface area contributed by atoms with Gasteiger partial charge in [-0.2, -0.15) is 4.98 Å². The van der Waals surface area contributed by atoms with Gasteiger partial charge < -0.3 is 15.2 Å². The highest BCUT2D eigenvalue weighted by atomic mass is 16.5. The van der Waals surface area contributed by atoms with Crippen LogP contribution in [0.5, 0.6) is 0 Å². The fourth-order valence-electron chi connectivity index (χ4n) is 1.75. The summed E-state index contributed by atoms with van der Waals surface area (Å²) < 4.78 is 5.17. The summed E-state index contributed by atoms with van der Waals surface area (Å²) >= 11 is 0. The maximum atomic E-state index is 5.92. The second-order valence-electron chi connectivity index (χ2n) is 4.22. The Labute approximate surface area is 103 Å². The molecule has 0 fully saturated rings. The zero-order chi connectivity index (χ0) is 12.7. The van der Waals surface area contributed by atoms with Crippen LogP contribution in [-0.2, 0) is 6.42 Å². The summed E-state index contributed by atoms with van der Waals surface area (Å²) in [5.41, 5.74) is 5.92. The summed E-state index contributed by atoms with van der Waals surface area (Å²) in [7, 11) is 0. The number of likely N-dealkylation sites (N-methyl/N-ethyl adjacent to an activating group) is 1. The highest BCUT2D eigenvalue weighted by Crippen LogP contribution is 2.13. The third kappa shape index (κ3) is 4.44. The maximum Gasteiger partial charge on any atom is 0.243 e. The Morgan fingerprint density at radius 2 is 2.00 bits per heavy atom. The average Bonchev–Trinajstić information content (AvgIpc) is 2.79. The quantitative estimate of drug-likeness (QED) is 0.749. The van der Waals surface area contributed by atoms with Crippen molar-refractivity contribution in [2.75, 3.05) is 19.6 Å². The highest BCUT2D eigenvalue weighted by Gasteiger charge is 2.14. The number of aromatic nitrogens is 2. The van der Waals surface area contributed by atoms with Gasteiger partial charge in [0.25, 0.3) is 0 Å². The molecule has 1 atom stereocenters. The molecule has 5 nitrogen and oxygen atoms in total. The lowest BCUT2D eigenvalue weighted by Gasteiger charge is -2.16. The first kappa shape index (κ1) is 14.1.